The molecule has 1 aromatic heterocycles. The van der Waals surface area contributed by atoms with Crippen molar-refractivity contribution in [2.75, 3.05) is 6.54 Å². The van der Waals surface area contributed by atoms with Crippen molar-refractivity contribution in [1.82, 2.24) is 5.32 Å². The van der Waals surface area contributed by atoms with Crippen molar-refractivity contribution in [1.29, 1.82) is 5.26 Å². The van der Waals surface area contributed by atoms with E-state index in [2.05, 4.69) is 11.4 Å². The van der Waals surface area contributed by atoms with Crippen LogP contribution in [-0.4, -0.2) is 12.5 Å². The van der Waals surface area contributed by atoms with Crippen LogP contribution >= 0.6 is 11.3 Å². The van der Waals surface area contributed by atoms with Crippen molar-refractivity contribution in [3.8, 4) is 6.07 Å². The van der Waals surface area contributed by atoms with Gasteiger partial charge in [0, 0.05) is 23.9 Å². The minimum Gasteiger partial charge on any atom is -0.352 e. The van der Waals surface area contributed by atoms with Gasteiger partial charge in [-0.3, -0.25) is 4.79 Å². The molecule has 0 aliphatic rings. The zero-order chi connectivity index (χ0) is 10.2. The average molecular weight is 208 g/mol. The Morgan fingerprint density at radius 3 is 3.07 bits per heavy atom. The molecule has 1 rings (SSSR count). The maximum absolute atomic E-state index is 11.4. The highest BCUT2D eigenvalue weighted by molar-refractivity contribution is 7.08. The minimum absolute atomic E-state index is 0.0248. The van der Waals surface area contributed by atoms with Gasteiger partial charge in [-0.25, -0.2) is 0 Å². The molecule has 1 N–H and O–H groups in total. The lowest BCUT2D eigenvalue weighted by Gasteiger charge is -2.01. The summed E-state index contributed by atoms with van der Waals surface area (Å²) in [6.07, 6.45) is 2.28. The van der Waals surface area contributed by atoms with E-state index in [9.17, 15) is 4.79 Å². The lowest BCUT2D eigenvalue weighted by atomic mass is 10.2. The topological polar surface area (TPSA) is 52.9 Å². The number of nitrogens with zero attached hydrogens (tertiary/aromatic N) is 1. The van der Waals surface area contributed by atoms with E-state index in [-0.39, 0.29) is 5.91 Å². The van der Waals surface area contributed by atoms with E-state index >= 15 is 0 Å². The van der Waals surface area contributed by atoms with Crippen molar-refractivity contribution in [2.24, 2.45) is 0 Å². The number of hydrogen-bond acceptors (Lipinski definition) is 3. The van der Waals surface area contributed by atoms with Crippen molar-refractivity contribution >= 4 is 17.2 Å². The number of nitrogens with one attached hydrogen (secondary N) is 1. The Morgan fingerprint density at radius 1 is 1.57 bits per heavy atom. The second-order valence-corrected chi connectivity index (χ2v) is 3.66. The molecule has 0 atom stereocenters. The molecule has 0 fully saturated rings. The molecular formula is C10H12N2OS. The summed E-state index contributed by atoms with van der Waals surface area (Å²) in [4.78, 5) is 11.4. The molecule has 0 saturated carbocycles. The van der Waals surface area contributed by atoms with Crippen LogP contribution in [0.2, 0.25) is 0 Å². The molecule has 3 nitrogen and oxygen atoms in total. The van der Waals surface area contributed by atoms with E-state index in [0.717, 1.165) is 18.4 Å². The first-order valence-electron chi connectivity index (χ1n) is 4.52. The molecule has 1 heterocycles. The molecule has 0 aromatic carbocycles. The van der Waals surface area contributed by atoms with Crippen molar-refractivity contribution in [3.63, 3.8) is 0 Å². The highest BCUT2D eigenvalue weighted by Gasteiger charge is 2.03. The fourth-order valence-corrected chi connectivity index (χ4v) is 1.66. The molecule has 0 radical (unpaired) electrons. The van der Waals surface area contributed by atoms with Crippen LogP contribution in [0, 0.1) is 11.3 Å². The maximum Gasteiger partial charge on any atom is 0.252 e. The molecule has 4 heteroatoms. The third kappa shape index (κ3) is 3.58. The van der Waals surface area contributed by atoms with Gasteiger partial charge in [0.25, 0.3) is 5.91 Å². The normalized spacial score (nSPS) is 9.36. The molecule has 1 aromatic rings. The highest BCUT2D eigenvalue weighted by Crippen LogP contribution is 2.05. The molecule has 14 heavy (non-hydrogen) atoms. The van der Waals surface area contributed by atoms with E-state index in [1.54, 1.807) is 6.07 Å². The zero-order valence-corrected chi connectivity index (χ0v) is 8.64. The van der Waals surface area contributed by atoms with Crippen LogP contribution in [0.1, 0.15) is 29.6 Å². The first-order chi connectivity index (χ1) is 6.84. The first-order valence-corrected chi connectivity index (χ1v) is 5.46. The average Bonchev–Trinajstić information content (AvgIpc) is 2.70. The zero-order valence-electron chi connectivity index (χ0n) is 7.82. The summed E-state index contributed by atoms with van der Waals surface area (Å²) in [6, 6.07) is 3.87. The maximum atomic E-state index is 11.4. The standard InChI is InChI=1S/C10H12N2OS/c11-5-2-1-3-6-12-10(13)9-4-7-14-8-9/h4,7-8H,1-3,6H2,(H,12,13). The number of thiophene rings is 1. The Bertz CT molecular complexity index is 313. The van der Waals surface area contributed by atoms with Crippen molar-refractivity contribution in [2.45, 2.75) is 19.3 Å². The highest BCUT2D eigenvalue weighted by atomic mass is 32.1. The van der Waals surface area contributed by atoms with Gasteiger partial charge in [-0.15, -0.1) is 0 Å². The van der Waals surface area contributed by atoms with Gasteiger partial charge in [0.15, 0.2) is 0 Å². The second-order valence-electron chi connectivity index (χ2n) is 2.88. The van der Waals surface area contributed by atoms with Gasteiger partial charge in [0.1, 0.15) is 0 Å². The van der Waals surface area contributed by atoms with E-state index in [0.29, 0.717) is 13.0 Å². The van der Waals surface area contributed by atoms with Gasteiger partial charge in [-0.05, 0) is 24.3 Å². The number of carbonyl (C=O) groups excluding carboxylic acids is 1. The number of hydrogen-bond donors (Lipinski definition) is 1. The Labute approximate surface area is 87.4 Å². The van der Waals surface area contributed by atoms with Gasteiger partial charge in [0.2, 0.25) is 0 Å². The van der Waals surface area contributed by atoms with Crippen LogP contribution in [0.4, 0.5) is 0 Å². The number of amides is 1. The van der Waals surface area contributed by atoms with Gasteiger partial charge in [0.05, 0.1) is 6.07 Å². The van der Waals surface area contributed by atoms with Crippen LogP contribution < -0.4 is 5.32 Å². The second kappa shape index (κ2) is 6.17. The van der Waals surface area contributed by atoms with Crippen LogP contribution in [0.15, 0.2) is 16.8 Å². The summed E-state index contributed by atoms with van der Waals surface area (Å²) in [5.74, 6) is -0.0248. The van der Waals surface area contributed by atoms with Crippen molar-refractivity contribution in [3.05, 3.63) is 22.4 Å². The Kier molecular flexibility index (Phi) is 4.73. The molecule has 0 aliphatic heterocycles. The van der Waals surface area contributed by atoms with Gasteiger partial charge in [-0.1, -0.05) is 0 Å². The molecular weight excluding hydrogens is 196 g/mol. The molecule has 0 spiro atoms. The third-order valence-electron chi connectivity index (χ3n) is 1.78. The summed E-state index contributed by atoms with van der Waals surface area (Å²) < 4.78 is 0. The smallest absolute Gasteiger partial charge is 0.252 e. The van der Waals surface area contributed by atoms with Crippen LogP contribution in [0.5, 0.6) is 0 Å². The van der Waals surface area contributed by atoms with Gasteiger partial charge >= 0.3 is 0 Å². The van der Waals surface area contributed by atoms with Crippen LogP contribution in [0.3, 0.4) is 0 Å². The Hall–Kier alpha value is -1.34. The summed E-state index contributed by atoms with van der Waals surface area (Å²) in [7, 11) is 0. The lowest BCUT2D eigenvalue weighted by Crippen LogP contribution is -2.23. The molecule has 0 saturated heterocycles. The van der Waals surface area contributed by atoms with Crippen LogP contribution in [-0.2, 0) is 0 Å². The molecule has 1 amide bonds. The van der Waals surface area contributed by atoms with Gasteiger partial charge in [-0.2, -0.15) is 16.6 Å². The summed E-state index contributed by atoms with van der Waals surface area (Å²) in [5, 5.41) is 14.8. The van der Waals surface area contributed by atoms with E-state index < -0.39 is 0 Å². The summed E-state index contributed by atoms with van der Waals surface area (Å²) in [5.41, 5.74) is 0.718. The fraction of sp³-hybridized carbons (Fsp3) is 0.400. The molecule has 0 aliphatic carbocycles. The first kappa shape index (κ1) is 10.7. The number of carbonyl (C=O) groups is 1. The number of unbranched alkanes of at least 4 members (excludes halogenated alkanes) is 2. The van der Waals surface area contributed by atoms with Crippen molar-refractivity contribution < 1.29 is 4.79 Å². The monoisotopic (exact) mass is 208 g/mol. The number of rotatable bonds is 5. The van der Waals surface area contributed by atoms with Gasteiger partial charge < -0.3 is 5.32 Å². The van der Waals surface area contributed by atoms with E-state index in [1.807, 2.05) is 10.8 Å². The van der Waals surface area contributed by atoms with E-state index in [1.165, 1.54) is 11.3 Å². The lowest BCUT2D eigenvalue weighted by molar-refractivity contribution is 0.0953. The molecule has 0 unspecified atom stereocenters. The van der Waals surface area contributed by atoms with Crippen LogP contribution in [0.25, 0.3) is 0 Å². The fourth-order valence-electron chi connectivity index (χ4n) is 1.03. The third-order valence-corrected chi connectivity index (χ3v) is 2.47. The largest absolute Gasteiger partial charge is 0.352 e. The SMILES string of the molecule is N#CCCCCNC(=O)c1ccsc1. The predicted molar refractivity (Wildman–Crippen MR) is 56.1 cm³/mol. The Morgan fingerprint density at radius 2 is 2.43 bits per heavy atom. The summed E-state index contributed by atoms with van der Waals surface area (Å²) in [6.45, 7) is 0.649. The Balaban J connectivity index is 2.14. The summed E-state index contributed by atoms with van der Waals surface area (Å²) >= 11 is 1.51. The quantitative estimate of drug-likeness (QED) is 0.754. The molecule has 0 bridgehead atoms. The van der Waals surface area contributed by atoms with E-state index in [4.69, 9.17) is 5.26 Å². The molecule has 74 valence electrons. The predicted octanol–water partition coefficient (Wildman–Crippen LogP) is 2.17. The minimum atomic E-state index is -0.0248. The number of nitriles is 1.